The Morgan fingerprint density at radius 2 is 1.96 bits per heavy atom. The molecule has 3 aromatic rings. The summed E-state index contributed by atoms with van der Waals surface area (Å²) in [6, 6.07) is 13.1. The number of esters is 1. The van der Waals surface area contributed by atoms with Gasteiger partial charge in [-0.05, 0) is 42.5 Å². The van der Waals surface area contributed by atoms with Gasteiger partial charge in [0.2, 0.25) is 0 Å². The van der Waals surface area contributed by atoms with E-state index in [1.54, 1.807) is 7.11 Å². The van der Waals surface area contributed by atoms with E-state index >= 15 is 0 Å². The highest BCUT2D eigenvalue weighted by Gasteiger charge is 2.12. The van der Waals surface area contributed by atoms with Crippen molar-refractivity contribution in [2.24, 2.45) is 0 Å². The molecule has 138 valence electrons. The van der Waals surface area contributed by atoms with Crippen LogP contribution in [0.4, 0.5) is 5.13 Å². The van der Waals surface area contributed by atoms with Gasteiger partial charge >= 0.3 is 5.97 Å². The number of nitrogens with one attached hydrogen (secondary N) is 1. The summed E-state index contributed by atoms with van der Waals surface area (Å²) in [5, 5.41) is 14.2. The van der Waals surface area contributed by atoms with Gasteiger partial charge in [0.05, 0.1) is 18.4 Å². The zero-order valence-corrected chi connectivity index (χ0v) is 15.2. The molecule has 27 heavy (non-hydrogen) atoms. The van der Waals surface area contributed by atoms with Gasteiger partial charge in [-0.1, -0.05) is 6.07 Å². The Hall–Kier alpha value is -3.39. The van der Waals surface area contributed by atoms with Gasteiger partial charge in [-0.25, -0.2) is 9.78 Å². The molecule has 2 aromatic carbocycles. The number of carbonyl (C=O) groups is 2. The van der Waals surface area contributed by atoms with Crippen molar-refractivity contribution >= 4 is 28.3 Å². The van der Waals surface area contributed by atoms with Crippen molar-refractivity contribution in [2.45, 2.75) is 0 Å². The van der Waals surface area contributed by atoms with Gasteiger partial charge in [0.25, 0.3) is 5.91 Å². The van der Waals surface area contributed by atoms with Gasteiger partial charge < -0.3 is 14.6 Å². The quantitative estimate of drug-likeness (QED) is 0.633. The average molecular weight is 384 g/mol. The fourth-order valence-electron chi connectivity index (χ4n) is 2.23. The van der Waals surface area contributed by atoms with Crippen LogP contribution in [0.3, 0.4) is 0 Å². The largest absolute Gasteiger partial charge is 0.508 e. The number of benzene rings is 2. The zero-order chi connectivity index (χ0) is 19.2. The van der Waals surface area contributed by atoms with E-state index in [2.05, 4.69) is 10.3 Å². The molecule has 0 saturated heterocycles. The molecule has 0 aliphatic heterocycles. The van der Waals surface area contributed by atoms with E-state index in [1.165, 1.54) is 35.6 Å². The van der Waals surface area contributed by atoms with Crippen LogP contribution in [0.15, 0.2) is 53.9 Å². The zero-order valence-electron chi connectivity index (χ0n) is 14.3. The van der Waals surface area contributed by atoms with Crippen LogP contribution in [-0.4, -0.2) is 35.7 Å². The molecule has 0 unspecified atom stereocenters. The Bertz CT molecular complexity index is 953. The summed E-state index contributed by atoms with van der Waals surface area (Å²) < 4.78 is 10.1. The number of rotatable bonds is 6. The topological polar surface area (TPSA) is 97.8 Å². The molecular formula is C19H16N2O5S. The van der Waals surface area contributed by atoms with Crippen molar-refractivity contribution < 1.29 is 24.2 Å². The summed E-state index contributed by atoms with van der Waals surface area (Å²) in [5.41, 5.74) is 1.77. The van der Waals surface area contributed by atoms with E-state index in [4.69, 9.17) is 9.47 Å². The minimum Gasteiger partial charge on any atom is -0.508 e. The second-order valence-electron chi connectivity index (χ2n) is 5.44. The Morgan fingerprint density at radius 1 is 1.19 bits per heavy atom. The SMILES string of the molecule is COc1ccc(-c2csc(NC(=O)COC(=O)c3cccc(O)c3)n2)cc1. The second kappa shape index (κ2) is 8.33. The molecule has 3 rings (SSSR count). The number of hydrogen-bond donors (Lipinski definition) is 2. The van der Waals surface area contributed by atoms with Crippen LogP contribution < -0.4 is 10.1 Å². The Labute approximate surface area is 159 Å². The first kappa shape index (κ1) is 18.4. The number of nitrogens with zero attached hydrogens (tertiary/aromatic N) is 1. The first-order valence-electron chi connectivity index (χ1n) is 7.91. The van der Waals surface area contributed by atoms with Crippen LogP contribution >= 0.6 is 11.3 Å². The third-order valence-corrected chi connectivity index (χ3v) is 4.31. The van der Waals surface area contributed by atoms with Gasteiger partial charge in [0.1, 0.15) is 11.5 Å². The van der Waals surface area contributed by atoms with Gasteiger partial charge in [-0.3, -0.25) is 10.1 Å². The molecule has 0 bridgehead atoms. The van der Waals surface area contributed by atoms with E-state index in [-0.39, 0.29) is 11.3 Å². The van der Waals surface area contributed by atoms with Crippen LogP contribution in [0, 0.1) is 0 Å². The fraction of sp³-hybridized carbons (Fsp3) is 0.105. The summed E-state index contributed by atoms with van der Waals surface area (Å²) in [4.78, 5) is 28.2. The normalized spacial score (nSPS) is 10.3. The molecule has 8 heteroatoms. The lowest BCUT2D eigenvalue weighted by atomic mass is 10.2. The van der Waals surface area contributed by atoms with E-state index in [0.29, 0.717) is 5.13 Å². The molecule has 7 nitrogen and oxygen atoms in total. The molecule has 0 aliphatic rings. The molecule has 1 amide bonds. The number of phenolic OH excluding ortho intramolecular Hbond substituents is 1. The van der Waals surface area contributed by atoms with E-state index in [9.17, 15) is 14.7 Å². The predicted molar refractivity (Wildman–Crippen MR) is 101 cm³/mol. The number of methoxy groups -OCH3 is 1. The van der Waals surface area contributed by atoms with E-state index < -0.39 is 18.5 Å². The molecule has 1 heterocycles. The molecule has 0 radical (unpaired) electrons. The van der Waals surface area contributed by atoms with Crippen LogP contribution in [0.2, 0.25) is 0 Å². The van der Waals surface area contributed by atoms with Gasteiger partial charge in [0, 0.05) is 10.9 Å². The first-order valence-corrected chi connectivity index (χ1v) is 8.79. The summed E-state index contributed by atoms with van der Waals surface area (Å²) in [6.45, 7) is -0.452. The molecule has 0 aliphatic carbocycles. The minimum atomic E-state index is -0.695. The van der Waals surface area contributed by atoms with Crippen molar-refractivity contribution in [1.82, 2.24) is 4.98 Å². The maximum atomic E-state index is 12.0. The lowest BCUT2D eigenvalue weighted by Crippen LogP contribution is -2.20. The number of carbonyl (C=O) groups excluding carboxylic acids is 2. The highest BCUT2D eigenvalue weighted by molar-refractivity contribution is 7.14. The summed E-state index contributed by atoms with van der Waals surface area (Å²) in [7, 11) is 1.60. The first-order chi connectivity index (χ1) is 13.0. The second-order valence-corrected chi connectivity index (χ2v) is 6.30. The molecule has 1 aromatic heterocycles. The van der Waals surface area contributed by atoms with Crippen molar-refractivity contribution in [1.29, 1.82) is 0 Å². The molecular weight excluding hydrogens is 368 g/mol. The summed E-state index contributed by atoms with van der Waals surface area (Å²) >= 11 is 1.27. The number of hydrogen-bond acceptors (Lipinski definition) is 7. The van der Waals surface area contributed by atoms with Crippen LogP contribution in [-0.2, 0) is 9.53 Å². The Balaban J connectivity index is 1.55. The lowest BCUT2D eigenvalue weighted by Gasteiger charge is -2.05. The third-order valence-electron chi connectivity index (χ3n) is 3.55. The standard InChI is InChI=1S/C19H16N2O5S/c1-25-15-7-5-12(6-8-15)16-11-27-19(20-16)21-17(23)10-26-18(24)13-3-2-4-14(22)9-13/h2-9,11,22H,10H2,1H3,(H,20,21,23). The summed E-state index contributed by atoms with van der Waals surface area (Å²) in [6.07, 6.45) is 0. The number of amides is 1. The number of thiazole rings is 1. The molecule has 0 fully saturated rings. The van der Waals surface area contributed by atoms with Crippen LogP contribution in [0.5, 0.6) is 11.5 Å². The fourth-order valence-corrected chi connectivity index (χ4v) is 2.96. The van der Waals surface area contributed by atoms with Crippen LogP contribution in [0.25, 0.3) is 11.3 Å². The van der Waals surface area contributed by atoms with E-state index in [1.807, 2.05) is 29.6 Å². The smallest absolute Gasteiger partial charge is 0.338 e. The van der Waals surface area contributed by atoms with Crippen molar-refractivity contribution in [3.63, 3.8) is 0 Å². The third kappa shape index (κ3) is 4.83. The Kier molecular flexibility index (Phi) is 5.68. The average Bonchev–Trinajstić information content (AvgIpc) is 3.14. The molecule has 0 atom stereocenters. The Morgan fingerprint density at radius 3 is 2.67 bits per heavy atom. The van der Waals surface area contributed by atoms with Crippen molar-refractivity contribution in [3.05, 3.63) is 59.5 Å². The maximum absolute atomic E-state index is 12.0. The number of anilines is 1. The van der Waals surface area contributed by atoms with E-state index in [0.717, 1.165) is 17.0 Å². The van der Waals surface area contributed by atoms with Gasteiger partial charge in [0.15, 0.2) is 11.7 Å². The maximum Gasteiger partial charge on any atom is 0.338 e. The molecule has 0 saturated carbocycles. The van der Waals surface area contributed by atoms with Crippen molar-refractivity contribution in [3.8, 4) is 22.8 Å². The number of ether oxygens (including phenoxy) is 2. The number of aromatic nitrogens is 1. The highest BCUT2D eigenvalue weighted by atomic mass is 32.1. The molecule has 2 N–H and O–H groups in total. The minimum absolute atomic E-state index is 0.0530. The number of phenols is 1. The van der Waals surface area contributed by atoms with Crippen molar-refractivity contribution in [2.75, 3.05) is 19.0 Å². The predicted octanol–water partition coefficient (Wildman–Crippen LogP) is 3.32. The van der Waals surface area contributed by atoms with Crippen LogP contribution in [0.1, 0.15) is 10.4 Å². The lowest BCUT2D eigenvalue weighted by molar-refractivity contribution is -0.119. The van der Waals surface area contributed by atoms with Gasteiger partial charge in [-0.2, -0.15) is 0 Å². The highest BCUT2D eigenvalue weighted by Crippen LogP contribution is 2.26. The monoisotopic (exact) mass is 384 g/mol. The summed E-state index contributed by atoms with van der Waals surface area (Å²) in [5.74, 6) is -0.503. The molecule has 0 spiro atoms. The van der Waals surface area contributed by atoms with Gasteiger partial charge in [-0.15, -0.1) is 11.3 Å². The number of aromatic hydroxyl groups is 1.